The minimum Gasteiger partial charge on any atom is -0.377 e. The second-order valence-corrected chi connectivity index (χ2v) is 6.79. The Balaban J connectivity index is 1.83. The van der Waals surface area contributed by atoms with Crippen molar-refractivity contribution in [3.05, 3.63) is 0 Å². The van der Waals surface area contributed by atoms with E-state index in [-0.39, 0.29) is 5.54 Å². The molecule has 0 radical (unpaired) electrons. The van der Waals surface area contributed by atoms with Crippen LogP contribution in [0.4, 0.5) is 0 Å². The van der Waals surface area contributed by atoms with Crippen LogP contribution in [0.15, 0.2) is 0 Å². The first-order chi connectivity index (χ1) is 9.69. The van der Waals surface area contributed by atoms with Gasteiger partial charge in [-0.1, -0.05) is 64.7 Å². The highest BCUT2D eigenvalue weighted by Crippen LogP contribution is 2.24. The topological polar surface area (TPSA) is 21.3 Å². The Morgan fingerprint density at radius 3 is 2.00 bits per heavy atom. The van der Waals surface area contributed by atoms with Gasteiger partial charge in [-0.15, -0.1) is 0 Å². The van der Waals surface area contributed by atoms with E-state index >= 15 is 0 Å². The third-order valence-electron chi connectivity index (χ3n) is 4.95. The molecule has 0 saturated carbocycles. The third-order valence-corrected chi connectivity index (χ3v) is 4.95. The van der Waals surface area contributed by atoms with Gasteiger partial charge in [0.25, 0.3) is 0 Å². The molecular formula is C18H37NO. The predicted octanol–water partition coefficient (Wildman–Crippen LogP) is 5.06. The molecule has 20 heavy (non-hydrogen) atoms. The average Bonchev–Trinajstić information content (AvgIpc) is 2.76. The summed E-state index contributed by atoms with van der Waals surface area (Å²) in [6, 6.07) is 0. The van der Waals surface area contributed by atoms with Gasteiger partial charge >= 0.3 is 0 Å². The van der Waals surface area contributed by atoms with Gasteiger partial charge < -0.3 is 10.1 Å². The molecule has 1 aliphatic heterocycles. The summed E-state index contributed by atoms with van der Waals surface area (Å²) in [7, 11) is 0. The van der Waals surface area contributed by atoms with Gasteiger partial charge in [0, 0.05) is 12.1 Å². The molecule has 0 aromatic carbocycles. The summed E-state index contributed by atoms with van der Waals surface area (Å²) in [4.78, 5) is 0. The standard InChI is InChI=1S/C18H37NO/c1-4-5-6-7-8-9-10-11-12-13-15-19-18(3)14-16-20-17(18)2/h17,19H,4-16H2,1-3H3. The molecule has 2 heteroatoms. The molecule has 1 rings (SSSR count). The van der Waals surface area contributed by atoms with Crippen molar-refractivity contribution in [2.24, 2.45) is 0 Å². The lowest BCUT2D eigenvalue weighted by molar-refractivity contribution is 0.0886. The number of nitrogens with one attached hydrogen (secondary N) is 1. The van der Waals surface area contributed by atoms with E-state index in [1.165, 1.54) is 64.2 Å². The summed E-state index contributed by atoms with van der Waals surface area (Å²) in [5.74, 6) is 0. The Kier molecular flexibility index (Phi) is 9.54. The van der Waals surface area contributed by atoms with Crippen LogP contribution in [0.2, 0.25) is 0 Å². The Morgan fingerprint density at radius 1 is 0.950 bits per heavy atom. The van der Waals surface area contributed by atoms with Gasteiger partial charge in [0.15, 0.2) is 0 Å². The van der Waals surface area contributed by atoms with Crippen molar-refractivity contribution in [1.82, 2.24) is 5.32 Å². The Hall–Kier alpha value is -0.0800. The minimum absolute atomic E-state index is 0.222. The fourth-order valence-corrected chi connectivity index (χ4v) is 3.05. The monoisotopic (exact) mass is 283 g/mol. The Labute approximate surface area is 127 Å². The smallest absolute Gasteiger partial charge is 0.0726 e. The van der Waals surface area contributed by atoms with E-state index in [0.717, 1.165) is 19.6 Å². The fraction of sp³-hybridized carbons (Fsp3) is 1.00. The van der Waals surface area contributed by atoms with Crippen LogP contribution in [-0.2, 0) is 4.74 Å². The number of rotatable bonds is 12. The average molecular weight is 283 g/mol. The summed E-state index contributed by atoms with van der Waals surface area (Å²) in [6.07, 6.45) is 15.6. The van der Waals surface area contributed by atoms with Crippen molar-refractivity contribution in [3.8, 4) is 0 Å². The quantitative estimate of drug-likeness (QED) is 0.505. The van der Waals surface area contributed by atoms with Crippen LogP contribution in [0.25, 0.3) is 0 Å². The van der Waals surface area contributed by atoms with Gasteiger partial charge in [0.1, 0.15) is 0 Å². The summed E-state index contributed by atoms with van der Waals surface area (Å²) in [5, 5.41) is 3.71. The molecule has 1 heterocycles. The highest BCUT2D eigenvalue weighted by Gasteiger charge is 2.35. The van der Waals surface area contributed by atoms with E-state index in [1.54, 1.807) is 0 Å². The minimum atomic E-state index is 0.222. The summed E-state index contributed by atoms with van der Waals surface area (Å²) in [6.45, 7) is 8.86. The number of hydrogen-bond acceptors (Lipinski definition) is 2. The van der Waals surface area contributed by atoms with Gasteiger partial charge in [0.2, 0.25) is 0 Å². The molecule has 0 aromatic rings. The lowest BCUT2D eigenvalue weighted by Crippen LogP contribution is -2.48. The van der Waals surface area contributed by atoms with Gasteiger partial charge in [-0.25, -0.2) is 0 Å². The van der Waals surface area contributed by atoms with Crippen LogP contribution < -0.4 is 5.32 Å². The maximum Gasteiger partial charge on any atom is 0.0726 e. The van der Waals surface area contributed by atoms with Gasteiger partial charge in [-0.3, -0.25) is 0 Å². The van der Waals surface area contributed by atoms with E-state index in [2.05, 4.69) is 26.1 Å². The zero-order valence-electron chi connectivity index (χ0n) is 14.2. The highest BCUT2D eigenvalue weighted by atomic mass is 16.5. The second-order valence-electron chi connectivity index (χ2n) is 6.79. The Bertz CT molecular complexity index is 231. The first kappa shape index (κ1) is 18.0. The van der Waals surface area contributed by atoms with E-state index in [1.807, 2.05) is 0 Å². The maximum absolute atomic E-state index is 5.66. The molecule has 2 unspecified atom stereocenters. The van der Waals surface area contributed by atoms with E-state index < -0.39 is 0 Å². The lowest BCUT2D eigenvalue weighted by Gasteiger charge is -2.29. The molecule has 1 saturated heterocycles. The normalized spacial score (nSPS) is 26.2. The molecule has 0 spiro atoms. The summed E-state index contributed by atoms with van der Waals surface area (Å²) < 4.78 is 5.66. The molecular weight excluding hydrogens is 246 g/mol. The van der Waals surface area contributed by atoms with E-state index in [4.69, 9.17) is 4.74 Å². The SMILES string of the molecule is CCCCCCCCCCCCNC1(C)CCOC1C. The molecule has 0 bridgehead atoms. The molecule has 0 aromatic heterocycles. The molecule has 2 atom stereocenters. The first-order valence-corrected chi connectivity index (χ1v) is 9.05. The van der Waals surface area contributed by atoms with Crippen LogP contribution in [0.5, 0.6) is 0 Å². The van der Waals surface area contributed by atoms with Crippen LogP contribution in [0, 0.1) is 0 Å². The van der Waals surface area contributed by atoms with Gasteiger partial charge in [-0.2, -0.15) is 0 Å². The van der Waals surface area contributed by atoms with Crippen molar-refractivity contribution in [2.45, 2.75) is 103 Å². The van der Waals surface area contributed by atoms with Crippen molar-refractivity contribution >= 4 is 0 Å². The van der Waals surface area contributed by atoms with Crippen LogP contribution >= 0.6 is 0 Å². The van der Waals surface area contributed by atoms with Gasteiger partial charge in [-0.05, 0) is 33.2 Å². The fourth-order valence-electron chi connectivity index (χ4n) is 3.05. The van der Waals surface area contributed by atoms with E-state index in [0.29, 0.717) is 6.10 Å². The number of hydrogen-bond donors (Lipinski definition) is 1. The van der Waals surface area contributed by atoms with Crippen LogP contribution in [-0.4, -0.2) is 24.8 Å². The maximum atomic E-state index is 5.66. The zero-order chi connectivity index (χ0) is 14.7. The van der Waals surface area contributed by atoms with Gasteiger partial charge in [0.05, 0.1) is 6.10 Å². The largest absolute Gasteiger partial charge is 0.377 e. The molecule has 1 aliphatic rings. The van der Waals surface area contributed by atoms with Crippen molar-refractivity contribution in [3.63, 3.8) is 0 Å². The lowest BCUT2D eigenvalue weighted by atomic mass is 9.94. The summed E-state index contributed by atoms with van der Waals surface area (Å²) in [5.41, 5.74) is 0.222. The van der Waals surface area contributed by atoms with Crippen molar-refractivity contribution < 1.29 is 4.74 Å². The zero-order valence-corrected chi connectivity index (χ0v) is 14.2. The second kappa shape index (κ2) is 10.6. The molecule has 120 valence electrons. The first-order valence-electron chi connectivity index (χ1n) is 9.05. The van der Waals surface area contributed by atoms with Crippen molar-refractivity contribution in [2.75, 3.05) is 13.2 Å². The number of unbranched alkanes of at least 4 members (excludes halogenated alkanes) is 9. The molecule has 2 nitrogen and oxygen atoms in total. The van der Waals surface area contributed by atoms with E-state index in [9.17, 15) is 0 Å². The highest BCUT2D eigenvalue weighted by molar-refractivity contribution is 4.93. The molecule has 0 aliphatic carbocycles. The molecule has 1 fully saturated rings. The van der Waals surface area contributed by atoms with Crippen LogP contribution in [0.1, 0.15) is 91.4 Å². The Morgan fingerprint density at radius 2 is 1.50 bits per heavy atom. The molecule has 1 N–H and O–H groups in total. The van der Waals surface area contributed by atoms with Crippen LogP contribution in [0.3, 0.4) is 0 Å². The predicted molar refractivity (Wildman–Crippen MR) is 88.3 cm³/mol. The summed E-state index contributed by atoms with van der Waals surface area (Å²) >= 11 is 0. The third kappa shape index (κ3) is 7.08. The number of ether oxygens (including phenoxy) is 1. The molecule has 0 amide bonds. The van der Waals surface area contributed by atoms with Crippen molar-refractivity contribution in [1.29, 1.82) is 0 Å².